The number of ether oxygens (including phenoxy) is 2. The predicted molar refractivity (Wildman–Crippen MR) is 80.8 cm³/mol. The van der Waals surface area contributed by atoms with Crippen molar-refractivity contribution in [2.24, 2.45) is 5.92 Å². The number of aromatic nitrogens is 2. The molecule has 0 aromatic carbocycles. The van der Waals surface area contributed by atoms with Gasteiger partial charge >= 0.3 is 0 Å². The average Bonchev–Trinajstić information content (AvgIpc) is 3.09. The summed E-state index contributed by atoms with van der Waals surface area (Å²) in [6.07, 6.45) is 6.39. The lowest BCUT2D eigenvalue weighted by atomic mass is 10.0. The molecule has 2 aliphatic rings. The Morgan fingerprint density at radius 2 is 1.86 bits per heavy atom. The van der Waals surface area contributed by atoms with E-state index in [1.165, 1.54) is 12.8 Å². The van der Waals surface area contributed by atoms with Crippen LogP contribution in [0.15, 0.2) is 12.1 Å². The number of methoxy groups -OCH3 is 1. The van der Waals surface area contributed by atoms with E-state index in [9.17, 15) is 4.79 Å². The summed E-state index contributed by atoms with van der Waals surface area (Å²) in [5, 5.41) is 7.89. The third-order valence-corrected chi connectivity index (χ3v) is 4.51. The molecule has 2 fully saturated rings. The van der Waals surface area contributed by atoms with Crippen LogP contribution in [0.2, 0.25) is 0 Å². The molecule has 0 bridgehead atoms. The summed E-state index contributed by atoms with van der Waals surface area (Å²) in [4.78, 5) is 14.5. The second-order valence-corrected chi connectivity index (χ2v) is 6.06. The zero-order valence-corrected chi connectivity index (χ0v) is 13.0. The van der Waals surface area contributed by atoms with E-state index in [0.29, 0.717) is 24.2 Å². The molecule has 0 N–H and O–H groups in total. The molecule has 6 heteroatoms. The van der Waals surface area contributed by atoms with Crippen molar-refractivity contribution in [3.63, 3.8) is 0 Å². The summed E-state index contributed by atoms with van der Waals surface area (Å²) >= 11 is 0. The van der Waals surface area contributed by atoms with Gasteiger partial charge in [-0.25, -0.2) is 0 Å². The number of piperidine rings is 1. The van der Waals surface area contributed by atoms with E-state index < -0.39 is 0 Å². The van der Waals surface area contributed by atoms with Gasteiger partial charge in [-0.2, -0.15) is 0 Å². The molecule has 1 aromatic rings. The van der Waals surface area contributed by atoms with Gasteiger partial charge in [0.25, 0.3) is 0 Å². The molecule has 1 aliphatic heterocycles. The SMILES string of the molecule is COc1ccc(OC2CCCN(C(=O)C3CCCC3)C2)nn1. The van der Waals surface area contributed by atoms with Gasteiger partial charge in [0.05, 0.1) is 13.7 Å². The number of carbonyl (C=O) groups is 1. The quantitative estimate of drug-likeness (QED) is 0.852. The number of nitrogens with zero attached hydrogens (tertiary/aromatic N) is 3. The Morgan fingerprint density at radius 3 is 2.55 bits per heavy atom. The smallest absolute Gasteiger partial charge is 0.233 e. The van der Waals surface area contributed by atoms with Crippen molar-refractivity contribution in [3.8, 4) is 11.8 Å². The van der Waals surface area contributed by atoms with E-state index in [-0.39, 0.29) is 12.0 Å². The van der Waals surface area contributed by atoms with Crippen LogP contribution in [-0.4, -0.2) is 47.3 Å². The Labute approximate surface area is 130 Å². The minimum absolute atomic E-state index is 0.00166. The van der Waals surface area contributed by atoms with E-state index in [4.69, 9.17) is 9.47 Å². The summed E-state index contributed by atoms with van der Waals surface area (Å²) in [6.45, 7) is 1.51. The van der Waals surface area contributed by atoms with Gasteiger partial charge in [0, 0.05) is 24.6 Å². The van der Waals surface area contributed by atoms with E-state index in [2.05, 4.69) is 10.2 Å². The Hall–Kier alpha value is -1.85. The fourth-order valence-electron chi connectivity index (χ4n) is 3.32. The summed E-state index contributed by atoms with van der Waals surface area (Å²) in [5.74, 6) is 1.50. The largest absolute Gasteiger partial charge is 0.480 e. The molecule has 3 rings (SSSR count). The zero-order valence-electron chi connectivity index (χ0n) is 13.0. The number of hydrogen-bond acceptors (Lipinski definition) is 5. The van der Waals surface area contributed by atoms with Crippen molar-refractivity contribution in [1.29, 1.82) is 0 Å². The molecule has 1 aromatic heterocycles. The summed E-state index contributed by atoms with van der Waals surface area (Å²) in [6, 6.07) is 3.48. The third-order valence-electron chi connectivity index (χ3n) is 4.51. The summed E-state index contributed by atoms with van der Waals surface area (Å²) < 4.78 is 10.9. The second kappa shape index (κ2) is 6.94. The molecule has 22 heavy (non-hydrogen) atoms. The van der Waals surface area contributed by atoms with Crippen LogP contribution < -0.4 is 9.47 Å². The van der Waals surface area contributed by atoms with Crippen LogP contribution in [0, 0.1) is 5.92 Å². The normalized spacial score (nSPS) is 22.6. The number of likely N-dealkylation sites (tertiary alicyclic amines) is 1. The van der Waals surface area contributed by atoms with Gasteiger partial charge in [0.1, 0.15) is 6.10 Å². The van der Waals surface area contributed by atoms with Gasteiger partial charge in [-0.15, -0.1) is 10.2 Å². The van der Waals surface area contributed by atoms with Crippen molar-refractivity contribution < 1.29 is 14.3 Å². The average molecular weight is 305 g/mol. The highest BCUT2D eigenvalue weighted by molar-refractivity contribution is 5.79. The lowest BCUT2D eigenvalue weighted by molar-refractivity contribution is -0.138. The fourth-order valence-corrected chi connectivity index (χ4v) is 3.32. The first-order valence-corrected chi connectivity index (χ1v) is 8.09. The highest BCUT2D eigenvalue weighted by Gasteiger charge is 2.31. The minimum atomic E-state index is 0.00166. The molecule has 1 unspecified atom stereocenters. The monoisotopic (exact) mass is 305 g/mol. The number of hydrogen-bond donors (Lipinski definition) is 0. The number of amides is 1. The van der Waals surface area contributed by atoms with Gasteiger partial charge in [-0.1, -0.05) is 12.8 Å². The van der Waals surface area contributed by atoms with Crippen molar-refractivity contribution in [2.75, 3.05) is 20.2 Å². The van der Waals surface area contributed by atoms with E-state index in [1.807, 2.05) is 4.90 Å². The van der Waals surface area contributed by atoms with Crippen molar-refractivity contribution >= 4 is 5.91 Å². The van der Waals surface area contributed by atoms with Gasteiger partial charge in [0.2, 0.25) is 17.7 Å². The van der Waals surface area contributed by atoms with Gasteiger partial charge in [-0.05, 0) is 25.7 Å². The standard InChI is InChI=1S/C16H23N3O3/c1-21-14-8-9-15(18-17-14)22-13-7-4-10-19(11-13)16(20)12-5-2-3-6-12/h8-9,12-13H,2-7,10-11H2,1H3. The number of rotatable bonds is 4. The van der Waals surface area contributed by atoms with Crippen LogP contribution >= 0.6 is 0 Å². The van der Waals surface area contributed by atoms with E-state index in [1.54, 1.807) is 19.2 Å². The molecule has 1 aliphatic carbocycles. The molecular formula is C16H23N3O3. The molecule has 2 heterocycles. The minimum Gasteiger partial charge on any atom is -0.480 e. The maximum atomic E-state index is 12.5. The molecule has 0 spiro atoms. The number of carbonyl (C=O) groups excluding carboxylic acids is 1. The lowest BCUT2D eigenvalue weighted by Crippen LogP contribution is -2.46. The second-order valence-electron chi connectivity index (χ2n) is 6.06. The molecule has 1 atom stereocenters. The van der Waals surface area contributed by atoms with Gasteiger partial charge in [0.15, 0.2) is 0 Å². The molecule has 1 saturated carbocycles. The molecule has 6 nitrogen and oxygen atoms in total. The topological polar surface area (TPSA) is 64.6 Å². The highest BCUT2D eigenvalue weighted by Crippen LogP contribution is 2.28. The summed E-state index contributed by atoms with van der Waals surface area (Å²) in [7, 11) is 1.55. The molecular weight excluding hydrogens is 282 g/mol. The van der Waals surface area contributed by atoms with Crippen LogP contribution in [0.1, 0.15) is 38.5 Å². The predicted octanol–water partition coefficient (Wildman–Crippen LogP) is 2.05. The maximum Gasteiger partial charge on any atom is 0.233 e. The van der Waals surface area contributed by atoms with Crippen molar-refractivity contribution in [2.45, 2.75) is 44.6 Å². The Balaban J connectivity index is 1.56. The van der Waals surface area contributed by atoms with E-state index in [0.717, 1.165) is 32.2 Å². The lowest BCUT2D eigenvalue weighted by Gasteiger charge is -2.34. The highest BCUT2D eigenvalue weighted by atomic mass is 16.5. The summed E-state index contributed by atoms with van der Waals surface area (Å²) in [5.41, 5.74) is 0. The van der Waals surface area contributed by atoms with Crippen LogP contribution in [0.3, 0.4) is 0 Å². The van der Waals surface area contributed by atoms with Crippen LogP contribution in [-0.2, 0) is 4.79 Å². The maximum absolute atomic E-state index is 12.5. The van der Waals surface area contributed by atoms with Gasteiger partial charge < -0.3 is 14.4 Å². The Morgan fingerprint density at radius 1 is 1.14 bits per heavy atom. The van der Waals surface area contributed by atoms with Crippen LogP contribution in [0.4, 0.5) is 0 Å². The molecule has 0 radical (unpaired) electrons. The third kappa shape index (κ3) is 3.48. The molecule has 1 saturated heterocycles. The fraction of sp³-hybridized carbons (Fsp3) is 0.688. The van der Waals surface area contributed by atoms with Crippen LogP contribution in [0.5, 0.6) is 11.8 Å². The Bertz CT molecular complexity index is 500. The first-order chi connectivity index (χ1) is 10.8. The van der Waals surface area contributed by atoms with Crippen LogP contribution in [0.25, 0.3) is 0 Å². The van der Waals surface area contributed by atoms with Gasteiger partial charge in [-0.3, -0.25) is 4.79 Å². The Kier molecular flexibility index (Phi) is 4.75. The van der Waals surface area contributed by atoms with Crippen molar-refractivity contribution in [1.82, 2.24) is 15.1 Å². The van der Waals surface area contributed by atoms with Crippen molar-refractivity contribution in [3.05, 3.63) is 12.1 Å². The first-order valence-electron chi connectivity index (χ1n) is 8.09. The molecule has 1 amide bonds. The molecule has 120 valence electrons. The van der Waals surface area contributed by atoms with E-state index >= 15 is 0 Å². The first kappa shape index (κ1) is 15.1. The zero-order chi connectivity index (χ0) is 15.4.